The Balaban J connectivity index is 2.16. The van der Waals surface area contributed by atoms with Crippen LogP contribution in [0.15, 0.2) is 53.1 Å². The molecule has 1 unspecified atom stereocenters. The quantitative estimate of drug-likeness (QED) is 0.761. The second kappa shape index (κ2) is 4.48. The maximum Gasteiger partial charge on any atom is 0.134 e. The van der Waals surface area contributed by atoms with Gasteiger partial charge in [0.1, 0.15) is 17.2 Å². The second-order valence-corrected chi connectivity index (χ2v) is 4.30. The lowest BCUT2D eigenvalue weighted by molar-refractivity contribution is 0.540. The molecule has 2 nitrogen and oxygen atoms in total. The molecule has 3 aromatic rings. The van der Waals surface area contributed by atoms with E-state index in [0.717, 1.165) is 5.39 Å². The summed E-state index contributed by atoms with van der Waals surface area (Å²) in [6.45, 7) is 0. The molecule has 1 atom stereocenters. The van der Waals surface area contributed by atoms with Crippen molar-refractivity contribution in [2.45, 2.75) is 6.04 Å². The minimum atomic E-state index is -0.898. The standard InChI is InChI=1S/C15H11F2NO/c16-11-5-3-6-12(17)14(11)15(18)10-8-19-13-7-2-1-4-9(10)13/h1-8,15H,18H2. The van der Waals surface area contributed by atoms with Gasteiger partial charge in [-0.25, -0.2) is 8.78 Å². The lowest BCUT2D eigenvalue weighted by Crippen LogP contribution is -2.15. The van der Waals surface area contributed by atoms with Gasteiger partial charge in [-0.3, -0.25) is 0 Å². The molecule has 0 aliphatic rings. The van der Waals surface area contributed by atoms with Gasteiger partial charge in [-0.15, -0.1) is 0 Å². The number of halogens is 2. The highest BCUT2D eigenvalue weighted by atomic mass is 19.1. The Bertz CT molecular complexity index is 716. The van der Waals surface area contributed by atoms with Crippen molar-refractivity contribution in [2.75, 3.05) is 0 Å². The zero-order chi connectivity index (χ0) is 13.4. The smallest absolute Gasteiger partial charge is 0.134 e. The van der Waals surface area contributed by atoms with Crippen molar-refractivity contribution in [2.24, 2.45) is 5.73 Å². The molecule has 0 radical (unpaired) electrons. The Morgan fingerprint density at radius 2 is 1.63 bits per heavy atom. The number of hydrogen-bond donors (Lipinski definition) is 1. The van der Waals surface area contributed by atoms with Crippen LogP contribution in [0.25, 0.3) is 11.0 Å². The van der Waals surface area contributed by atoms with Crippen LogP contribution in [0.5, 0.6) is 0 Å². The van der Waals surface area contributed by atoms with E-state index in [-0.39, 0.29) is 5.56 Å². The fourth-order valence-electron chi connectivity index (χ4n) is 2.20. The summed E-state index contributed by atoms with van der Waals surface area (Å²) in [7, 11) is 0. The number of benzene rings is 2. The van der Waals surface area contributed by atoms with Crippen LogP contribution < -0.4 is 5.73 Å². The summed E-state index contributed by atoms with van der Waals surface area (Å²) in [5.41, 5.74) is 7.06. The molecule has 0 aliphatic carbocycles. The molecule has 0 bridgehead atoms. The molecule has 0 saturated heterocycles. The Morgan fingerprint density at radius 3 is 2.37 bits per heavy atom. The molecule has 1 heterocycles. The number of para-hydroxylation sites is 1. The molecular weight excluding hydrogens is 248 g/mol. The van der Waals surface area contributed by atoms with Gasteiger partial charge in [-0.05, 0) is 18.2 Å². The van der Waals surface area contributed by atoms with Crippen LogP contribution in [0.2, 0.25) is 0 Å². The maximum absolute atomic E-state index is 13.7. The maximum atomic E-state index is 13.7. The molecule has 1 aromatic heterocycles. The average molecular weight is 259 g/mol. The first kappa shape index (κ1) is 11.9. The van der Waals surface area contributed by atoms with Crippen LogP contribution in [0.4, 0.5) is 8.78 Å². The first-order valence-corrected chi connectivity index (χ1v) is 5.84. The fourth-order valence-corrected chi connectivity index (χ4v) is 2.20. The van der Waals surface area contributed by atoms with E-state index in [4.69, 9.17) is 10.2 Å². The van der Waals surface area contributed by atoms with Gasteiger partial charge in [0.05, 0.1) is 12.3 Å². The molecule has 4 heteroatoms. The third-order valence-electron chi connectivity index (χ3n) is 3.16. The number of furan rings is 1. The molecule has 2 N–H and O–H groups in total. The van der Waals surface area contributed by atoms with Gasteiger partial charge in [0.2, 0.25) is 0 Å². The van der Waals surface area contributed by atoms with Gasteiger partial charge >= 0.3 is 0 Å². The number of nitrogens with two attached hydrogens (primary N) is 1. The van der Waals surface area contributed by atoms with Gasteiger partial charge in [0, 0.05) is 16.5 Å². The highest BCUT2D eigenvalue weighted by Gasteiger charge is 2.21. The molecule has 0 spiro atoms. The highest BCUT2D eigenvalue weighted by molar-refractivity contribution is 5.81. The summed E-state index contributed by atoms with van der Waals surface area (Å²) in [6.07, 6.45) is 1.45. The van der Waals surface area contributed by atoms with Gasteiger partial charge in [-0.2, -0.15) is 0 Å². The predicted octanol–water partition coefficient (Wildman–Crippen LogP) is 3.76. The average Bonchev–Trinajstić information content (AvgIpc) is 2.82. The third-order valence-corrected chi connectivity index (χ3v) is 3.16. The monoisotopic (exact) mass is 259 g/mol. The second-order valence-electron chi connectivity index (χ2n) is 4.30. The number of hydrogen-bond acceptors (Lipinski definition) is 2. The summed E-state index contributed by atoms with van der Waals surface area (Å²) >= 11 is 0. The fraction of sp³-hybridized carbons (Fsp3) is 0.0667. The molecule has 96 valence electrons. The Hall–Kier alpha value is -2.20. The zero-order valence-electron chi connectivity index (χ0n) is 9.94. The minimum absolute atomic E-state index is 0.144. The van der Waals surface area contributed by atoms with Gasteiger partial charge in [-0.1, -0.05) is 24.3 Å². The van der Waals surface area contributed by atoms with Crippen molar-refractivity contribution in [3.63, 3.8) is 0 Å². The molecule has 0 amide bonds. The summed E-state index contributed by atoms with van der Waals surface area (Å²) in [6, 6.07) is 10.0. The molecule has 3 rings (SSSR count). The highest BCUT2D eigenvalue weighted by Crippen LogP contribution is 2.31. The van der Waals surface area contributed by atoms with E-state index in [1.807, 2.05) is 18.2 Å². The number of rotatable bonds is 2. The Morgan fingerprint density at radius 1 is 0.947 bits per heavy atom. The van der Waals surface area contributed by atoms with E-state index >= 15 is 0 Å². The summed E-state index contributed by atoms with van der Waals surface area (Å²) in [5.74, 6) is -1.31. The van der Waals surface area contributed by atoms with Crippen molar-refractivity contribution >= 4 is 11.0 Å². The largest absolute Gasteiger partial charge is 0.464 e. The van der Waals surface area contributed by atoms with E-state index in [2.05, 4.69) is 0 Å². The minimum Gasteiger partial charge on any atom is -0.464 e. The zero-order valence-corrected chi connectivity index (χ0v) is 9.94. The van der Waals surface area contributed by atoms with Gasteiger partial charge in [0.15, 0.2) is 0 Å². The molecule has 0 fully saturated rings. The normalized spacial score (nSPS) is 12.8. The van der Waals surface area contributed by atoms with Crippen LogP contribution >= 0.6 is 0 Å². The van der Waals surface area contributed by atoms with E-state index in [1.165, 1.54) is 24.5 Å². The molecule has 0 saturated carbocycles. The number of fused-ring (bicyclic) bond motifs is 1. The van der Waals surface area contributed by atoms with Crippen LogP contribution in [-0.4, -0.2) is 0 Å². The topological polar surface area (TPSA) is 39.2 Å². The predicted molar refractivity (Wildman–Crippen MR) is 68.6 cm³/mol. The molecule has 0 aliphatic heterocycles. The Labute approximate surface area is 108 Å². The van der Waals surface area contributed by atoms with Crippen molar-refractivity contribution in [3.8, 4) is 0 Å². The lowest BCUT2D eigenvalue weighted by atomic mass is 9.98. The van der Waals surface area contributed by atoms with Crippen LogP contribution in [0.1, 0.15) is 17.2 Å². The van der Waals surface area contributed by atoms with Crippen LogP contribution in [0.3, 0.4) is 0 Å². The first-order chi connectivity index (χ1) is 9.18. The summed E-state index contributed by atoms with van der Waals surface area (Å²) < 4.78 is 32.8. The molecule has 2 aromatic carbocycles. The van der Waals surface area contributed by atoms with Crippen molar-refractivity contribution in [1.82, 2.24) is 0 Å². The van der Waals surface area contributed by atoms with Crippen LogP contribution in [-0.2, 0) is 0 Å². The van der Waals surface area contributed by atoms with E-state index < -0.39 is 17.7 Å². The van der Waals surface area contributed by atoms with E-state index in [9.17, 15) is 8.78 Å². The van der Waals surface area contributed by atoms with Crippen molar-refractivity contribution < 1.29 is 13.2 Å². The first-order valence-electron chi connectivity index (χ1n) is 5.84. The SMILES string of the molecule is NC(c1c(F)cccc1F)c1coc2ccccc12. The van der Waals surface area contributed by atoms with E-state index in [1.54, 1.807) is 6.07 Å². The summed E-state index contributed by atoms with van der Waals surface area (Å²) in [5, 5.41) is 0.762. The third kappa shape index (κ3) is 1.90. The Kier molecular flexibility index (Phi) is 2.80. The summed E-state index contributed by atoms with van der Waals surface area (Å²) in [4.78, 5) is 0. The van der Waals surface area contributed by atoms with Crippen LogP contribution in [0, 0.1) is 11.6 Å². The van der Waals surface area contributed by atoms with Crippen molar-refractivity contribution in [1.29, 1.82) is 0 Å². The molecular formula is C15H11F2NO. The van der Waals surface area contributed by atoms with Crippen molar-refractivity contribution in [3.05, 3.63) is 71.5 Å². The lowest BCUT2D eigenvalue weighted by Gasteiger charge is -2.12. The van der Waals surface area contributed by atoms with Gasteiger partial charge in [0.25, 0.3) is 0 Å². The van der Waals surface area contributed by atoms with Gasteiger partial charge < -0.3 is 10.2 Å². The van der Waals surface area contributed by atoms with E-state index in [0.29, 0.717) is 11.1 Å². The molecule has 19 heavy (non-hydrogen) atoms.